The molecule has 0 aliphatic rings. The first kappa shape index (κ1) is 17.3. The zero-order chi connectivity index (χ0) is 16.8. The fraction of sp³-hybridized carbons (Fsp3) is 0.467. The molecular weight excluding hydrogens is 314 g/mol. The number of anilines is 1. The number of rotatable bonds is 7. The van der Waals surface area contributed by atoms with E-state index in [2.05, 4.69) is 20.8 Å². The monoisotopic (exact) mass is 335 g/mol. The number of carbonyl (C=O) groups excluding carboxylic acids is 1. The largest absolute Gasteiger partial charge is 0.492 e. The summed E-state index contributed by atoms with van der Waals surface area (Å²) in [6.45, 7) is 8.25. The van der Waals surface area contributed by atoms with E-state index in [-0.39, 0.29) is 17.2 Å². The molecule has 2 rings (SSSR count). The zero-order valence-electron chi connectivity index (χ0n) is 13.7. The molecule has 8 heteroatoms. The number of amides is 1. The van der Waals surface area contributed by atoms with Crippen molar-refractivity contribution in [3.05, 3.63) is 24.3 Å². The number of carbonyl (C=O) groups is 1. The minimum absolute atomic E-state index is 0.125. The normalized spacial score (nSPS) is 12.2. The molecule has 1 aromatic heterocycles. The molecule has 1 heterocycles. The summed E-state index contributed by atoms with van der Waals surface area (Å²) in [6.07, 6.45) is 0. The van der Waals surface area contributed by atoms with Crippen molar-refractivity contribution in [2.75, 3.05) is 11.9 Å². The molecule has 124 valence electrons. The summed E-state index contributed by atoms with van der Waals surface area (Å²) in [6, 6.07) is 7.51. The van der Waals surface area contributed by atoms with Crippen molar-refractivity contribution in [1.82, 2.24) is 20.2 Å². The predicted octanol–water partition coefficient (Wildman–Crippen LogP) is 2.77. The molecule has 1 unspecified atom stereocenters. The SMILES string of the molecule is CCOc1ccccc1NC(=O)C(C)Sc1nnnn1C(C)C. The zero-order valence-corrected chi connectivity index (χ0v) is 14.5. The average Bonchev–Trinajstić information content (AvgIpc) is 2.97. The number of nitrogens with one attached hydrogen (secondary N) is 1. The van der Waals surface area contributed by atoms with Crippen LogP contribution in [0.15, 0.2) is 29.4 Å². The minimum atomic E-state index is -0.340. The fourth-order valence-corrected chi connectivity index (χ4v) is 2.81. The number of thioether (sulfide) groups is 1. The van der Waals surface area contributed by atoms with Gasteiger partial charge in [0.05, 0.1) is 23.6 Å². The summed E-state index contributed by atoms with van der Waals surface area (Å²) in [7, 11) is 0. The number of para-hydroxylation sites is 2. The molecule has 0 fully saturated rings. The van der Waals surface area contributed by atoms with Gasteiger partial charge in [0.25, 0.3) is 0 Å². The van der Waals surface area contributed by atoms with Crippen molar-refractivity contribution in [3.63, 3.8) is 0 Å². The standard InChI is InChI=1S/C15H21N5O2S/c1-5-22-13-9-7-6-8-12(13)16-14(21)11(4)23-15-17-18-19-20(15)10(2)3/h6-11H,5H2,1-4H3,(H,16,21). The van der Waals surface area contributed by atoms with Crippen molar-refractivity contribution < 1.29 is 9.53 Å². The molecule has 7 nitrogen and oxygen atoms in total. The van der Waals surface area contributed by atoms with Gasteiger partial charge in [-0.05, 0) is 50.3 Å². The molecule has 0 bridgehead atoms. The average molecular weight is 335 g/mol. The number of nitrogens with zero attached hydrogens (tertiary/aromatic N) is 4. The van der Waals surface area contributed by atoms with Gasteiger partial charge in [-0.15, -0.1) is 5.10 Å². The second-order valence-electron chi connectivity index (χ2n) is 5.18. The molecule has 0 saturated heterocycles. The van der Waals surface area contributed by atoms with Crippen LogP contribution < -0.4 is 10.1 Å². The second-order valence-corrected chi connectivity index (χ2v) is 6.49. The highest BCUT2D eigenvalue weighted by molar-refractivity contribution is 8.00. The van der Waals surface area contributed by atoms with Crippen molar-refractivity contribution in [2.24, 2.45) is 0 Å². The first-order valence-corrected chi connectivity index (χ1v) is 8.38. The summed E-state index contributed by atoms with van der Waals surface area (Å²) < 4.78 is 7.21. The van der Waals surface area contributed by atoms with E-state index in [1.807, 2.05) is 52.0 Å². The molecule has 1 aromatic carbocycles. The third kappa shape index (κ3) is 4.44. The smallest absolute Gasteiger partial charge is 0.237 e. The molecular formula is C15H21N5O2S. The van der Waals surface area contributed by atoms with Crippen LogP contribution in [0.4, 0.5) is 5.69 Å². The number of tetrazole rings is 1. The lowest BCUT2D eigenvalue weighted by Gasteiger charge is -2.15. The van der Waals surface area contributed by atoms with E-state index in [1.54, 1.807) is 4.68 Å². The lowest BCUT2D eigenvalue weighted by atomic mass is 10.3. The minimum Gasteiger partial charge on any atom is -0.492 e. The Balaban J connectivity index is 2.04. The lowest BCUT2D eigenvalue weighted by Crippen LogP contribution is -2.23. The Bertz CT molecular complexity index is 659. The third-order valence-electron chi connectivity index (χ3n) is 3.05. The third-order valence-corrected chi connectivity index (χ3v) is 4.10. The molecule has 0 aliphatic carbocycles. The van der Waals surface area contributed by atoms with Crippen LogP contribution in [0.2, 0.25) is 0 Å². The highest BCUT2D eigenvalue weighted by Gasteiger charge is 2.20. The second kappa shape index (κ2) is 7.96. The predicted molar refractivity (Wildman–Crippen MR) is 89.8 cm³/mol. The molecule has 1 atom stereocenters. The van der Waals surface area contributed by atoms with E-state index in [9.17, 15) is 4.79 Å². The Kier molecular flexibility index (Phi) is 5.97. The number of ether oxygens (including phenoxy) is 1. The molecule has 1 N–H and O–H groups in total. The maximum atomic E-state index is 12.4. The van der Waals surface area contributed by atoms with Crippen LogP contribution in [0.25, 0.3) is 0 Å². The Morgan fingerprint density at radius 1 is 1.35 bits per heavy atom. The van der Waals surface area contributed by atoms with Crippen LogP contribution in [-0.4, -0.2) is 38.0 Å². The Labute approximate surface area is 139 Å². The first-order valence-electron chi connectivity index (χ1n) is 7.50. The highest BCUT2D eigenvalue weighted by atomic mass is 32.2. The van der Waals surface area contributed by atoms with Gasteiger partial charge in [0, 0.05) is 0 Å². The number of aromatic nitrogens is 4. The van der Waals surface area contributed by atoms with Gasteiger partial charge < -0.3 is 10.1 Å². The van der Waals surface area contributed by atoms with Gasteiger partial charge in [-0.3, -0.25) is 4.79 Å². The molecule has 23 heavy (non-hydrogen) atoms. The Morgan fingerprint density at radius 2 is 2.09 bits per heavy atom. The van der Waals surface area contributed by atoms with Gasteiger partial charge in [-0.25, -0.2) is 4.68 Å². The summed E-state index contributed by atoms with van der Waals surface area (Å²) in [5, 5.41) is 14.8. The van der Waals surface area contributed by atoms with E-state index >= 15 is 0 Å². The van der Waals surface area contributed by atoms with Crippen LogP contribution >= 0.6 is 11.8 Å². The van der Waals surface area contributed by atoms with Crippen LogP contribution in [0, 0.1) is 0 Å². The number of benzene rings is 1. The number of hydrogen-bond donors (Lipinski definition) is 1. The maximum Gasteiger partial charge on any atom is 0.237 e. The van der Waals surface area contributed by atoms with Crippen LogP contribution in [-0.2, 0) is 4.79 Å². The Hall–Kier alpha value is -2.09. The summed E-state index contributed by atoms with van der Waals surface area (Å²) in [5.74, 6) is 0.535. The van der Waals surface area contributed by atoms with E-state index in [0.29, 0.717) is 23.2 Å². The van der Waals surface area contributed by atoms with Gasteiger partial charge >= 0.3 is 0 Å². The summed E-state index contributed by atoms with van der Waals surface area (Å²) in [4.78, 5) is 12.4. The van der Waals surface area contributed by atoms with E-state index in [1.165, 1.54) is 11.8 Å². The molecule has 2 aromatic rings. The van der Waals surface area contributed by atoms with Gasteiger partial charge in [0.1, 0.15) is 5.75 Å². The molecule has 0 radical (unpaired) electrons. The van der Waals surface area contributed by atoms with Gasteiger partial charge in [-0.1, -0.05) is 23.9 Å². The number of hydrogen-bond acceptors (Lipinski definition) is 6. The molecule has 1 amide bonds. The molecule has 0 aliphatic heterocycles. The Morgan fingerprint density at radius 3 is 2.78 bits per heavy atom. The van der Waals surface area contributed by atoms with E-state index < -0.39 is 0 Å². The van der Waals surface area contributed by atoms with Crippen LogP contribution in [0.5, 0.6) is 5.75 Å². The summed E-state index contributed by atoms with van der Waals surface area (Å²) in [5.41, 5.74) is 0.662. The van der Waals surface area contributed by atoms with E-state index in [4.69, 9.17) is 4.74 Å². The maximum absolute atomic E-state index is 12.4. The first-order chi connectivity index (χ1) is 11.0. The quantitative estimate of drug-likeness (QED) is 0.784. The van der Waals surface area contributed by atoms with Crippen LogP contribution in [0.1, 0.15) is 33.7 Å². The van der Waals surface area contributed by atoms with Crippen molar-refractivity contribution in [1.29, 1.82) is 0 Å². The van der Waals surface area contributed by atoms with Gasteiger partial charge in [-0.2, -0.15) is 0 Å². The van der Waals surface area contributed by atoms with Crippen molar-refractivity contribution in [3.8, 4) is 5.75 Å². The summed E-state index contributed by atoms with van der Waals surface area (Å²) >= 11 is 1.33. The topological polar surface area (TPSA) is 81.9 Å². The lowest BCUT2D eigenvalue weighted by molar-refractivity contribution is -0.115. The highest BCUT2D eigenvalue weighted by Crippen LogP contribution is 2.27. The van der Waals surface area contributed by atoms with Crippen molar-refractivity contribution in [2.45, 2.75) is 44.1 Å². The molecule has 0 spiro atoms. The van der Waals surface area contributed by atoms with Crippen molar-refractivity contribution >= 4 is 23.4 Å². The van der Waals surface area contributed by atoms with Gasteiger partial charge in [0.2, 0.25) is 11.1 Å². The van der Waals surface area contributed by atoms with Crippen LogP contribution in [0.3, 0.4) is 0 Å². The van der Waals surface area contributed by atoms with E-state index in [0.717, 1.165) is 0 Å². The molecule has 0 saturated carbocycles. The fourth-order valence-electron chi connectivity index (χ4n) is 1.88. The van der Waals surface area contributed by atoms with Gasteiger partial charge in [0.15, 0.2) is 0 Å².